The molecule has 0 aliphatic rings. The van der Waals surface area contributed by atoms with Crippen LogP contribution in [0, 0.1) is 6.92 Å². The van der Waals surface area contributed by atoms with Gasteiger partial charge in [0, 0.05) is 17.8 Å². The first-order chi connectivity index (χ1) is 7.24. The van der Waals surface area contributed by atoms with Crippen LogP contribution in [0.15, 0.2) is 33.2 Å². The zero-order chi connectivity index (χ0) is 10.7. The summed E-state index contributed by atoms with van der Waals surface area (Å²) < 4.78 is 6.39. The van der Waals surface area contributed by atoms with Gasteiger partial charge in [-0.1, -0.05) is 28.1 Å². The van der Waals surface area contributed by atoms with E-state index in [2.05, 4.69) is 38.3 Å². The molecule has 0 atom stereocenters. The van der Waals surface area contributed by atoms with Crippen molar-refractivity contribution in [3.8, 4) is 0 Å². The van der Waals surface area contributed by atoms with E-state index in [1.54, 1.807) is 6.92 Å². The molecule has 4 heteroatoms. The molecule has 0 aliphatic heterocycles. The maximum atomic E-state index is 5.30. The van der Waals surface area contributed by atoms with Gasteiger partial charge < -0.3 is 4.42 Å². The molecule has 1 heterocycles. The minimum Gasteiger partial charge on any atom is -0.426 e. The maximum Gasteiger partial charge on any atom is 0.216 e. The summed E-state index contributed by atoms with van der Waals surface area (Å²) in [5.74, 6) is 1.33. The highest BCUT2D eigenvalue weighted by Crippen LogP contribution is 2.12. The fourth-order valence-electron chi connectivity index (χ4n) is 1.34. The van der Waals surface area contributed by atoms with Crippen molar-refractivity contribution in [1.82, 2.24) is 10.2 Å². The number of benzene rings is 1. The van der Waals surface area contributed by atoms with E-state index in [0.29, 0.717) is 11.8 Å². The van der Waals surface area contributed by atoms with Crippen molar-refractivity contribution in [3.63, 3.8) is 0 Å². The van der Waals surface area contributed by atoms with Gasteiger partial charge in [-0.3, -0.25) is 0 Å². The third-order valence-electron chi connectivity index (χ3n) is 2.11. The van der Waals surface area contributed by atoms with E-state index >= 15 is 0 Å². The molecule has 0 spiro atoms. The Balaban J connectivity index is 1.96. The maximum absolute atomic E-state index is 5.30. The van der Waals surface area contributed by atoms with Gasteiger partial charge in [0.1, 0.15) is 0 Å². The molecule has 3 nitrogen and oxygen atoms in total. The van der Waals surface area contributed by atoms with Crippen molar-refractivity contribution in [2.75, 3.05) is 0 Å². The van der Waals surface area contributed by atoms with Crippen LogP contribution in [0.2, 0.25) is 0 Å². The van der Waals surface area contributed by atoms with Crippen LogP contribution in [-0.4, -0.2) is 10.2 Å². The fraction of sp³-hybridized carbons (Fsp3) is 0.273. The molecule has 78 valence electrons. The van der Waals surface area contributed by atoms with Gasteiger partial charge in [-0.2, -0.15) is 0 Å². The summed E-state index contributed by atoms with van der Waals surface area (Å²) in [5.41, 5.74) is 1.27. The average Bonchev–Trinajstić information content (AvgIpc) is 2.64. The molecule has 2 rings (SSSR count). The molecule has 0 saturated heterocycles. The SMILES string of the molecule is Cc1nnc(CCc2ccc(Br)cc2)o1. The van der Waals surface area contributed by atoms with Gasteiger partial charge in [0.05, 0.1) is 0 Å². The normalized spacial score (nSPS) is 10.5. The van der Waals surface area contributed by atoms with E-state index < -0.39 is 0 Å². The van der Waals surface area contributed by atoms with Crippen LogP contribution in [-0.2, 0) is 12.8 Å². The summed E-state index contributed by atoms with van der Waals surface area (Å²) in [6, 6.07) is 8.25. The van der Waals surface area contributed by atoms with Crippen LogP contribution in [0.4, 0.5) is 0 Å². The van der Waals surface area contributed by atoms with Crippen LogP contribution in [0.3, 0.4) is 0 Å². The van der Waals surface area contributed by atoms with Gasteiger partial charge in [-0.15, -0.1) is 10.2 Å². The van der Waals surface area contributed by atoms with Gasteiger partial charge >= 0.3 is 0 Å². The molecular formula is C11H11BrN2O. The van der Waals surface area contributed by atoms with Gasteiger partial charge in [0.15, 0.2) is 0 Å². The van der Waals surface area contributed by atoms with E-state index in [1.165, 1.54) is 5.56 Å². The van der Waals surface area contributed by atoms with Gasteiger partial charge in [0.2, 0.25) is 11.8 Å². The molecule has 0 bridgehead atoms. The number of hydrogen-bond acceptors (Lipinski definition) is 3. The summed E-state index contributed by atoms with van der Waals surface area (Å²) in [7, 11) is 0. The van der Waals surface area contributed by atoms with Crippen molar-refractivity contribution in [2.24, 2.45) is 0 Å². The molecule has 0 aliphatic carbocycles. The quantitative estimate of drug-likeness (QED) is 0.858. The summed E-state index contributed by atoms with van der Waals surface area (Å²) >= 11 is 3.40. The number of nitrogens with zero attached hydrogens (tertiary/aromatic N) is 2. The van der Waals surface area contributed by atoms with Gasteiger partial charge in [-0.05, 0) is 24.1 Å². The Morgan fingerprint density at radius 3 is 2.47 bits per heavy atom. The lowest BCUT2D eigenvalue weighted by Crippen LogP contribution is -1.91. The highest BCUT2D eigenvalue weighted by atomic mass is 79.9. The van der Waals surface area contributed by atoms with Crippen LogP contribution in [0.25, 0.3) is 0 Å². The average molecular weight is 267 g/mol. The minimum absolute atomic E-state index is 0.626. The fourth-order valence-corrected chi connectivity index (χ4v) is 1.61. The number of halogens is 1. The Labute approximate surface area is 96.7 Å². The van der Waals surface area contributed by atoms with Crippen LogP contribution in [0.5, 0.6) is 0 Å². The summed E-state index contributed by atoms with van der Waals surface area (Å²) in [4.78, 5) is 0. The highest BCUT2D eigenvalue weighted by molar-refractivity contribution is 9.10. The third-order valence-corrected chi connectivity index (χ3v) is 2.64. The van der Waals surface area contributed by atoms with E-state index in [-0.39, 0.29) is 0 Å². The number of rotatable bonds is 3. The standard InChI is InChI=1S/C11H11BrN2O/c1-8-13-14-11(15-8)7-4-9-2-5-10(12)6-3-9/h2-3,5-6H,4,7H2,1H3. The second-order valence-electron chi connectivity index (χ2n) is 3.34. The van der Waals surface area contributed by atoms with E-state index in [0.717, 1.165) is 17.3 Å². The Morgan fingerprint density at radius 2 is 1.87 bits per heavy atom. The topological polar surface area (TPSA) is 38.9 Å². The second-order valence-corrected chi connectivity index (χ2v) is 4.26. The number of hydrogen-bond donors (Lipinski definition) is 0. The van der Waals surface area contributed by atoms with Crippen molar-refractivity contribution >= 4 is 15.9 Å². The Hall–Kier alpha value is -1.16. The lowest BCUT2D eigenvalue weighted by atomic mass is 10.1. The molecule has 0 radical (unpaired) electrons. The van der Waals surface area contributed by atoms with Crippen LogP contribution < -0.4 is 0 Å². The van der Waals surface area contributed by atoms with Crippen molar-refractivity contribution in [3.05, 3.63) is 46.1 Å². The van der Waals surface area contributed by atoms with E-state index in [9.17, 15) is 0 Å². The first-order valence-electron chi connectivity index (χ1n) is 4.77. The van der Waals surface area contributed by atoms with Crippen molar-refractivity contribution in [1.29, 1.82) is 0 Å². The predicted molar refractivity (Wildman–Crippen MR) is 60.6 cm³/mol. The van der Waals surface area contributed by atoms with Crippen LogP contribution in [0.1, 0.15) is 17.3 Å². The first-order valence-corrected chi connectivity index (χ1v) is 5.57. The highest BCUT2D eigenvalue weighted by Gasteiger charge is 2.02. The molecule has 1 aromatic carbocycles. The predicted octanol–water partition coefficient (Wildman–Crippen LogP) is 2.93. The summed E-state index contributed by atoms with van der Waals surface area (Å²) in [6.07, 6.45) is 1.72. The molecule has 0 fully saturated rings. The van der Waals surface area contributed by atoms with Crippen molar-refractivity contribution in [2.45, 2.75) is 19.8 Å². The van der Waals surface area contributed by atoms with Crippen LogP contribution >= 0.6 is 15.9 Å². The second kappa shape index (κ2) is 4.57. The Bertz CT molecular complexity index is 436. The largest absolute Gasteiger partial charge is 0.426 e. The minimum atomic E-state index is 0.626. The summed E-state index contributed by atoms with van der Waals surface area (Å²) in [5, 5.41) is 7.74. The Kier molecular flexibility index (Phi) is 3.16. The molecule has 15 heavy (non-hydrogen) atoms. The molecule has 0 unspecified atom stereocenters. The molecule has 1 aromatic heterocycles. The Morgan fingerprint density at radius 1 is 1.13 bits per heavy atom. The third kappa shape index (κ3) is 2.89. The molecule has 0 saturated carbocycles. The number of aromatic nitrogens is 2. The van der Waals surface area contributed by atoms with Gasteiger partial charge in [-0.25, -0.2) is 0 Å². The molecular weight excluding hydrogens is 256 g/mol. The molecule has 0 N–H and O–H groups in total. The van der Waals surface area contributed by atoms with Crippen molar-refractivity contribution < 1.29 is 4.42 Å². The number of aryl methyl sites for hydroxylation is 3. The summed E-state index contributed by atoms with van der Waals surface area (Å²) in [6.45, 7) is 1.80. The monoisotopic (exact) mass is 266 g/mol. The first kappa shape index (κ1) is 10.4. The van der Waals surface area contributed by atoms with Gasteiger partial charge in [0.25, 0.3) is 0 Å². The molecule has 0 amide bonds. The molecule has 2 aromatic rings. The zero-order valence-electron chi connectivity index (χ0n) is 8.40. The van der Waals surface area contributed by atoms with E-state index in [1.807, 2.05) is 12.1 Å². The lowest BCUT2D eigenvalue weighted by Gasteiger charge is -1.98. The lowest BCUT2D eigenvalue weighted by molar-refractivity contribution is 0.467. The van der Waals surface area contributed by atoms with E-state index in [4.69, 9.17) is 4.42 Å². The zero-order valence-corrected chi connectivity index (χ0v) is 9.99. The smallest absolute Gasteiger partial charge is 0.216 e.